The summed E-state index contributed by atoms with van der Waals surface area (Å²) in [7, 11) is -3.96. The third-order valence-electron chi connectivity index (χ3n) is 2.62. The van der Waals surface area contributed by atoms with Crippen LogP contribution in [0.25, 0.3) is 0 Å². The molecular formula is C11H13FN4O2S. The number of sulfonamides is 1. The van der Waals surface area contributed by atoms with Crippen LogP contribution in [0.4, 0.5) is 10.1 Å². The molecule has 0 aliphatic heterocycles. The molecule has 0 aliphatic rings. The number of hydrogen-bond acceptors (Lipinski definition) is 4. The lowest BCUT2D eigenvalue weighted by molar-refractivity contribution is 0.556. The number of nitrogen functional groups attached to an aromatic ring is 1. The summed E-state index contributed by atoms with van der Waals surface area (Å²) in [6.45, 7) is 1.60. The Bertz CT molecular complexity index is 683. The highest BCUT2D eigenvalue weighted by atomic mass is 32.2. The molecule has 4 N–H and O–H groups in total. The minimum atomic E-state index is -3.96. The summed E-state index contributed by atoms with van der Waals surface area (Å²) in [4.78, 5) is 6.03. The molecule has 6 nitrogen and oxygen atoms in total. The summed E-state index contributed by atoms with van der Waals surface area (Å²) in [6.07, 6.45) is 2.90. The second-order valence-corrected chi connectivity index (χ2v) is 5.78. The molecule has 0 bridgehead atoms. The number of anilines is 1. The summed E-state index contributed by atoms with van der Waals surface area (Å²) in [5, 5.41) is 0. The van der Waals surface area contributed by atoms with Gasteiger partial charge in [0.1, 0.15) is 10.7 Å². The summed E-state index contributed by atoms with van der Waals surface area (Å²) < 4.78 is 39.9. The Balaban J connectivity index is 2.27. The molecule has 0 unspecified atom stereocenters. The molecule has 102 valence electrons. The maximum atomic E-state index is 13.7. The van der Waals surface area contributed by atoms with Crippen molar-refractivity contribution in [2.75, 3.05) is 5.73 Å². The van der Waals surface area contributed by atoms with E-state index in [1.165, 1.54) is 12.5 Å². The zero-order valence-electron chi connectivity index (χ0n) is 10.1. The molecule has 0 spiro atoms. The van der Waals surface area contributed by atoms with E-state index < -0.39 is 20.7 Å². The molecule has 0 saturated carbocycles. The lowest BCUT2D eigenvalue weighted by Gasteiger charge is -2.09. The van der Waals surface area contributed by atoms with E-state index in [1.54, 1.807) is 6.92 Å². The quantitative estimate of drug-likeness (QED) is 0.727. The SMILES string of the molecule is Cc1cc(F)c(S(=O)(=O)NCc2cnc[nH]2)cc1N. The fourth-order valence-electron chi connectivity index (χ4n) is 1.51. The molecular weight excluding hydrogens is 271 g/mol. The van der Waals surface area contributed by atoms with Crippen LogP contribution in [0.3, 0.4) is 0 Å². The van der Waals surface area contributed by atoms with Gasteiger partial charge in [-0.25, -0.2) is 22.5 Å². The molecule has 0 amide bonds. The first kappa shape index (κ1) is 13.5. The standard InChI is InChI=1S/C11H13FN4O2S/c1-7-2-9(12)11(3-10(7)13)19(17,18)16-5-8-4-14-6-15-8/h2-4,6,16H,5,13H2,1H3,(H,14,15). The van der Waals surface area contributed by atoms with E-state index in [2.05, 4.69) is 14.7 Å². The minimum absolute atomic E-state index is 0.00441. The average Bonchev–Trinajstić information content (AvgIpc) is 2.84. The Morgan fingerprint density at radius 2 is 2.21 bits per heavy atom. The number of aryl methyl sites for hydroxylation is 1. The van der Waals surface area contributed by atoms with Crippen molar-refractivity contribution in [1.29, 1.82) is 0 Å². The van der Waals surface area contributed by atoms with Crippen molar-refractivity contribution in [2.45, 2.75) is 18.4 Å². The third-order valence-corrected chi connectivity index (χ3v) is 4.03. The summed E-state index contributed by atoms with van der Waals surface area (Å²) >= 11 is 0. The van der Waals surface area contributed by atoms with Crippen LogP contribution in [0, 0.1) is 12.7 Å². The van der Waals surface area contributed by atoms with E-state index in [1.807, 2.05) is 0 Å². The number of H-pyrrole nitrogens is 1. The highest BCUT2D eigenvalue weighted by molar-refractivity contribution is 7.89. The predicted octanol–water partition coefficient (Wildman–Crippen LogP) is 0.918. The Hall–Kier alpha value is -1.93. The number of halogens is 1. The maximum Gasteiger partial charge on any atom is 0.243 e. The Morgan fingerprint density at radius 3 is 2.84 bits per heavy atom. The average molecular weight is 284 g/mol. The van der Waals surface area contributed by atoms with Crippen LogP contribution < -0.4 is 10.5 Å². The monoisotopic (exact) mass is 284 g/mol. The van der Waals surface area contributed by atoms with Gasteiger partial charge in [0.05, 0.1) is 12.9 Å². The van der Waals surface area contributed by atoms with Gasteiger partial charge in [-0.15, -0.1) is 0 Å². The van der Waals surface area contributed by atoms with Gasteiger partial charge in [-0.1, -0.05) is 0 Å². The lowest BCUT2D eigenvalue weighted by atomic mass is 10.2. The first-order chi connectivity index (χ1) is 8.90. The number of hydrogen-bond donors (Lipinski definition) is 3. The van der Waals surface area contributed by atoms with Crippen molar-refractivity contribution < 1.29 is 12.8 Å². The molecule has 0 saturated heterocycles. The van der Waals surface area contributed by atoms with Gasteiger partial charge in [-0.2, -0.15) is 0 Å². The number of nitrogens with zero attached hydrogens (tertiary/aromatic N) is 1. The Morgan fingerprint density at radius 1 is 1.47 bits per heavy atom. The zero-order chi connectivity index (χ0) is 14.0. The third kappa shape index (κ3) is 2.91. The molecule has 0 fully saturated rings. The Labute approximate surface area is 109 Å². The molecule has 19 heavy (non-hydrogen) atoms. The van der Waals surface area contributed by atoms with Crippen LogP contribution in [0.2, 0.25) is 0 Å². The number of imidazole rings is 1. The second kappa shape index (κ2) is 4.98. The van der Waals surface area contributed by atoms with E-state index >= 15 is 0 Å². The highest BCUT2D eigenvalue weighted by Gasteiger charge is 2.20. The van der Waals surface area contributed by atoms with E-state index in [-0.39, 0.29) is 12.2 Å². The molecule has 0 atom stereocenters. The van der Waals surface area contributed by atoms with Crippen molar-refractivity contribution in [3.63, 3.8) is 0 Å². The first-order valence-corrected chi connectivity index (χ1v) is 6.91. The molecule has 8 heteroatoms. The van der Waals surface area contributed by atoms with Crippen molar-refractivity contribution >= 4 is 15.7 Å². The second-order valence-electron chi connectivity index (χ2n) is 4.04. The highest BCUT2D eigenvalue weighted by Crippen LogP contribution is 2.21. The van der Waals surface area contributed by atoms with Gasteiger partial charge in [-0.3, -0.25) is 0 Å². The minimum Gasteiger partial charge on any atom is -0.398 e. The summed E-state index contributed by atoms with van der Waals surface area (Å²) in [6, 6.07) is 2.21. The van der Waals surface area contributed by atoms with E-state index in [4.69, 9.17) is 5.73 Å². The lowest BCUT2D eigenvalue weighted by Crippen LogP contribution is -2.24. The van der Waals surface area contributed by atoms with Gasteiger partial charge in [0.2, 0.25) is 10.0 Å². The van der Waals surface area contributed by atoms with Crippen LogP contribution in [0.15, 0.2) is 29.6 Å². The van der Waals surface area contributed by atoms with Gasteiger partial charge < -0.3 is 10.7 Å². The molecule has 2 rings (SSSR count). The van der Waals surface area contributed by atoms with E-state index in [0.717, 1.165) is 12.1 Å². The molecule has 2 aromatic rings. The Kier molecular flexibility index (Phi) is 3.54. The fourth-order valence-corrected chi connectivity index (χ4v) is 2.61. The molecule has 1 heterocycles. The van der Waals surface area contributed by atoms with Crippen molar-refractivity contribution in [3.8, 4) is 0 Å². The number of nitrogens with one attached hydrogen (secondary N) is 2. The predicted molar refractivity (Wildman–Crippen MR) is 68.2 cm³/mol. The number of benzene rings is 1. The van der Waals surface area contributed by atoms with Crippen LogP contribution in [0.1, 0.15) is 11.3 Å². The van der Waals surface area contributed by atoms with Gasteiger partial charge in [-0.05, 0) is 24.6 Å². The summed E-state index contributed by atoms with van der Waals surface area (Å²) in [5.74, 6) is -0.830. The van der Waals surface area contributed by atoms with Crippen LogP contribution >= 0.6 is 0 Å². The number of nitrogens with two attached hydrogens (primary N) is 1. The van der Waals surface area contributed by atoms with Crippen molar-refractivity contribution in [1.82, 2.24) is 14.7 Å². The van der Waals surface area contributed by atoms with Crippen molar-refractivity contribution in [3.05, 3.63) is 41.7 Å². The van der Waals surface area contributed by atoms with Crippen LogP contribution in [0.5, 0.6) is 0 Å². The van der Waals surface area contributed by atoms with Gasteiger partial charge in [0, 0.05) is 17.6 Å². The topological polar surface area (TPSA) is 101 Å². The van der Waals surface area contributed by atoms with E-state index in [9.17, 15) is 12.8 Å². The first-order valence-electron chi connectivity index (χ1n) is 5.42. The fraction of sp³-hybridized carbons (Fsp3) is 0.182. The molecule has 0 radical (unpaired) electrons. The van der Waals surface area contributed by atoms with Gasteiger partial charge in [0.25, 0.3) is 0 Å². The van der Waals surface area contributed by atoms with E-state index in [0.29, 0.717) is 11.3 Å². The van der Waals surface area contributed by atoms with Crippen LogP contribution in [-0.2, 0) is 16.6 Å². The summed E-state index contributed by atoms with van der Waals surface area (Å²) in [5.41, 5.74) is 6.89. The number of aromatic nitrogens is 2. The molecule has 1 aromatic carbocycles. The molecule has 0 aliphatic carbocycles. The number of aromatic amines is 1. The van der Waals surface area contributed by atoms with Crippen molar-refractivity contribution in [2.24, 2.45) is 0 Å². The van der Waals surface area contributed by atoms with Crippen LogP contribution in [-0.4, -0.2) is 18.4 Å². The molecule has 1 aromatic heterocycles. The largest absolute Gasteiger partial charge is 0.398 e. The van der Waals surface area contributed by atoms with Gasteiger partial charge >= 0.3 is 0 Å². The smallest absolute Gasteiger partial charge is 0.243 e. The maximum absolute atomic E-state index is 13.7. The normalized spacial score (nSPS) is 11.7. The zero-order valence-corrected chi connectivity index (χ0v) is 11.0. The number of rotatable bonds is 4. The van der Waals surface area contributed by atoms with Gasteiger partial charge in [0.15, 0.2) is 0 Å².